The number of benzene rings is 1. The second-order valence-corrected chi connectivity index (χ2v) is 6.72. The quantitative estimate of drug-likeness (QED) is 0.762. The van der Waals surface area contributed by atoms with Crippen molar-refractivity contribution in [2.45, 2.75) is 24.7 Å². The van der Waals surface area contributed by atoms with Crippen LogP contribution in [0.3, 0.4) is 0 Å². The zero-order valence-electron chi connectivity index (χ0n) is 12.8. The van der Waals surface area contributed by atoms with Crippen molar-refractivity contribution < 1.29 is 13.2 Å². The molecule has 2 N–H and O–H groups in total. The second-order valence-electron chi connectivity index (χ2n) is 4.95. The number of amides is 1. The molecule has 0 aliphatic heterocycles. The summed E-state index contributed by atoms with van der Waals surface area (Å²) < 4.78 is 26.9. The molecular formula is C16H19N3O3S. The van der Waals surface area contributed by atoms with Gasteiger partial charge in [-0.3, -0.25) is 4.79 Å². The first-order valence-electron chi connectivity index (χ1n) is 7.35. The lowest BCUT2D eigenvalue weighted by molar-refractivity contribution is 0.102. The van der Waals surface area contributed by atoms with Gasteiger partial charge in [-0.1, -0.05) is 25.5 Å². The third-order valence-electron chi connectivity index (χ3n) is 3.14. The van der Waals surface area contributed by atoms with E-state index in [0.717, 1.165) is 12.8 Å². The first-order chi connectivity index (χ1) is 11.0. The van der Waals surface area contributed by atoms with E-state index in [1.54, 1.807) is 36.5 Å². The summed E-state index contributed by atoms with van der Waals surface area (Å²) in [6.07, 6.45) is 3.22. The largest absolute Gasteiger partial charge is 0.307 e. The molecule has 0 spiro atoms. The molecule has 0 atom stereocenters. The molecule has 0 saturated heterocycles. The van der Waals surface area contributed by atoms with Crippen LogP contribution in [0.2, 0.25) is 0 Å². The summed E-state index contributed by atoms with van der Waals surface area (Å²) in [5.41, 5.74) is 0.258. The van der Waals surface area contributed by atoms with Gasteiger partial charge in [0.1, 0.15) is 5.82 Å². The van der Waals surface area contributed by atoms with Crippen LogP contribution in [-0.2, 0) is 10.0 Å². The maximum Gasteiger partial charge on any atom is 0.256 e. The minimum absolute atomic E-state index is 0.0715. The Balaban J connectivity index is 2.14. The second kappa shape index (κ2) is 7.85. The molecule has 1 aromatic carbocycles. The maximum absolute atomic E-state index is 12.2. The van der Waals surface area contributed by atoms with E-state index in [-0.39, 0.29) is 10.5 Å². The van der Waals surface area contributed by atoms with Gasteiger partial charge in [0.25, 0.3) is 5.91 Å². The van der Waals surface area contributed by atoms with E-state index in [0.29, 0.717) is 12.4 Å². The molecule has 0 fully saturated rings. The molecule has 6 nitrogen and oxygen atoms in total. The number of nitrogens with one attached hydrogen (secondary N) is 2. The molecule has 2 aromatic rings. The summed E-state index contributed by atoms with van der Waals surface area (Å²) in [5, 5.41) is 2.62. The van der Waals surface area contributed by atoms with Crippen molar-refractivity contribution in [3.8, 4) is 0 Å². The van der Waals surface area contributed by atoms with Crippen LogP contribution in [0.15, 0.2) is 53.6 Å². The number of pyridine rings is 1. The average Bonchev–Trinajstić information content (AvgIpc) is 2.56. The highest BCUT2D eigenvalue weighted by Gasteiger charge is 2.15. The van der Waals surface area contributed by atoms with E-state index in [9.17, 15) is 13.2 Å². The lowest BCUT2D eigenvalue weighted by Crippen LogP contribution is -2.25. The Morgan fingerprint density at radius 2 is 2.00 bits per heavy atom. The number of unbranched alkanes of at least 4 members (excludes halogenated alkanes) is 1. The number of carbonyl (C=O) groups is 1. The SMILES string of the molecule is CCCCNS(=O)(=O)c1cccc(C(=O)Nc2ccccn2)c1. The molecule has 2 rings (SSSR count). The fourth-order valence-corrected chi connectivity index (χ4v) is 3.02. The van der Waals surface area contributed by atoms with Gasteiger partial charge in [-0.15, -0.1) is 0 Å². The predicted octanol–water partition coefficient (Wildman–Crippen LogP) is 2.41. The third kappa shape index (κ3) is 4.87. The van der Waals surface area contributed by atoms with Crippen LogP contribution in [0, 0.1) is 0 Å². The molecule has 1 heterocycles. The highest BCUT2D eigenvalue weighted by atomic mass is 32.2. The number of hydrogen-bond donors (Lipinski definition) is 2. The molecule has 0 saturated carbocycles. The van der Waals surface area contributed by atoms with Crippen LogP contribution in [0.1, 0.15) is 30.1 Å². The van der Waals surface area contributed by atoms with Crippen LogP contribution in [0.5, 0.6) is 0 Å². The summed E-state index contributed by atoms with van der Waals surface area (Å²) >= 11 is 0. The van der Waals surface area contributed by atoms with Crippen LogP contribution in [0.4, 0.5) is 5.82 Å². The van der Waals surface area contributed by atoms with Gasteiger partial charge in [-0.2, -0.15) is 0 Å². The van der Waals surface area contributed by atoms with Crippen LogP contribution in [-0.4, -0.2) is 25.9 Å². The predicted molar refractivity (Wildman–Crippen MR) is 88.7 cm³/mol. The lowest BCUT2D eigenvalue weighted by atomic mass is 10.2. The Bertz CT molecular complexity index is 761. The van der Waals surface area contributed by atoms with Crippen molar-refractivity contribution in [1.82, 2.24) is 9.71 Å². The molecule has 0 aliphatic carbocycles. The Hall–Kier alpha value is -2.25. The number of nitrogens with zero attached hydrogens (tertiary/aromatic N) is 1. The highest BCUT2D eigenvalue weighted by molar-refractivity contribution is 7.89. The Morgan fingerprint density at radius 3 is 2.70 bits per heavy atom. The third-order valence-corrected chi connectivity index (χ3v) is 4.59. The summed E-state index contributed by atoms with van der Waals surface area (Å²) in [6, 6.07) is 11.1. The van der Waals surface area contributed by atoms with Gasteiger partial charge < -0.3 is 5.32 Å². The van der Waals surface area contributed by atoms with E-state index < -0.39 is 15.9 Å². The van der Waals surface area contributed by atoms with E-state index >= 15 is 0 Å². The fourth-order valence-electron chi connectivity index (χ4n) is 1.90. The summed E-state index contributed by atoms with van der Waals surface area (Å²) in [7, 11) is -3.61. The van der Waals surface area contributed by atoms with Gasteiger partial charge in [0, 0.05) is 18.3 Å². The van der Waals surface area contributed by atoms with E-state index in [1.807, 2.05) is 6.92 Å². The van der Waals surface area contributed by atoms with Gasteiger partial charge in [0.05, 0.1) is 4.90 Å². The average molecular weight is 333 g/mol. The molecule has 7 heteroatoms. The molecule has 23 heavy (non-hydrogen) atoms. The minimum atomic E-state index is -3.61. The number of aromatic nitrogens is 1. The first-order valence-corrected chi connectivity index (χ1v) is 8.83. The van der Waals surface area contributed by atoms with Gasteiger partial charge in [-0.25, -0.2) is 18.1 Å². The number of rotatable bonds is 7. The molecular weight excluding hydrogens is 314 g/mol. The minimum Gasteiger partial charge on any atom is -0.307 e. The molecule has 1 aromatic heterocycles. The van der Waals surface area contributed by atoms with Crippen LogP contribution in [0.25, 0.3) is 0 Å². The molecule has 0 aliphatic rings. The standard InChI is InChI=1S/C16H19N3O3S/c1-2-3-11-18-23(21,22)14-8-6-7-13(12-14)16(20)19-15-9-4-5-10-17-15/h4-10,12,18H,2-3,11H2,1H3,(H,17,19,20). The van der Waals surface area contributed by atoms with Gasteiger partial charge in [-0.05, 0) is 36.8 Å². The van der Waals surface area contributed by atoms with Crippen molar-refractivity contribution >= 4 is 21.7 Å². The number of carbonyl (C=O) groups excluding carboxylic acids is 1. The van der Waals surface area contributed by atoms with Crippen molar-refractivity contribution in [1.29, 1.82) is 0 Å². The Kier molecular flexibility index (Phi) is 5.84. The van der Waals surface area contributed by atoms with Crippen molar-refractivity contribution in [3.63, 3.8) is 0 Å². The lowest BCUT2D eigenvalue weighted by Gasteiger charge is -2.08. The number of sulfonamides is 1. The number of anilines is 1. The molecule has 122 valence electrons. The summed E-state index contributed by atoms with van der Waals surface area (Å²) in [5.74, 6) is 0.00105. The van der Waals surface area contributed by atoms with E-state index in [2.05, 4.69) is 15.0 Å². The monoisotopic (exact) mass is 333 g/mol. The van der Waals surface area contributed by atoms with Crippen molar-refractivity contribution in [2.75, 3.05) is 11.9 Å². The molecule has 0 unspecified atom stereocenters. The van der Waals surface area contributed by atoms with Crippen LogP contribution < -0.4 is 10.0 Å². The van der Waals surface area contributed by atoms with Gasteiger partial charge >= 0.3 is 0 Å². The van der Waals surface area contributed by atoms with E-state index in [4.69, 9.17) is 0 Å². The van der Waals surface area contributed by atoms with Crippen molar-refractivity contribution in [2.24, 2.45) is 0 Å². The Labute approximate surface area is 136 Å². The van der Waals surface area contributed by atoms with Gasteiger partial charge in [0.2, 0.25) is 10.0 Å². The summed E-state index contributed by atoms with van der Waals surface area (Å²) in [4.78, 5) is 16.3. The zero-order valence-corrected chi connectivity index (χ0v) is 13.6. The van der Waals surface area contributed by atoms with Crippen LogP contribution >= 0.6 is 0 Å². The molecule has 0 bridgehead atoms. The van der Waals surface area contributed by atoms with Gasteiger partial charge in [0.15, 0.2) is 0 Å². The topological polar surface area (TPSA) is 88.2 Å². The highest BCUT2D eigenvalue weighted by Crippen LogP contribution is 2.13. The molecule has 0 radical (unpaired) electrons. The maximum atomic E-state index is 12.2. The summed E-state index contributed by atoms with van der Waals surface area (Å²) in [6.45, 7) is 2.36. The normalized spacial score (nSPS) is 11.2. The number of hydrogen-bond acceptors (Lipinski definition) is 4. The smallest absolute Gasteiger partial charge is 0.256 e. The van der Waals surface area contributed by atoms with E-state index in [1.165, 1.54) is 12.1 Å². The molecule has 1 amide bonds. The fraction of sp³-hybridized carbons (Fsp3) is 0.250. The zero-order chi connectivity index (χ0) is 16.7. The first kappa shape index (κ1) is 17.1. The Morgan fingerprint density at radius 1 is 1.17 bits per heavy atom. The van der Waals surface area contributed by atoms with Crippen molar-refractivity contribution in [3.05, 3.63) is 54.2 Å².